The minimum atomic E-state index is -4.51. The largest absolute Gasteiger partial charge is 0.510 e. The summed E-state index contributed by atoms with van der Waals surface area (Å²) >= 11 is 0. The summed E-state index contributed by atoms with van der Waals surface area (Å²) in [6, 6.07) is 4.90. The third kappa shape index (κ3) is 5.03. The molecule has 0 unspecified atom stereocenters. The summed E-state index contributed by atoms with van der Waals surface area (Å²) in [5.41, 5.74) is -1.66. The molecule has 1 rings (SSSR count). The number of nitrogens with zero attached hydrogens (tertiary/aromatic N) is 1. The number of nitrogens with one attached hydrogen (secondary N) is 1. The summed E-state index contributed by atoms with van der Waals surface area (Å²) in [7, 11) is 1.06. The van der Waals surface area contributed by atoms with Gasteiger partial charge in [0.15, 0.2) is 5.57 Å². The van der Waals surface area contributed by atoms with Gasteiger partial charge >= 0.3 is 12.1 Å². The van der Waals surface area contributed by atoms with Crippen LogP contribution in [0.4, 0.5) is 18.9 Å². The number of rotatable bonds is 4. The average Bonchev–Trinajstić information content (AvgIpc) is 2.47. The Morgan fingerprint density at radius 2 is 1.87 bits per heavy atom. The minimum absolute atomic E-state index is 0.0124. The quantitative estimate of drug-likeness (QED) is 0.383. The van der Waals surface area contributed by atoms with E-state index in [1.165, 1.54) is 6.07 Å². The molecule has 0 saturated carbocycles. The summed E-state index contributed by atoms with van der Waals surface area (Å²) in [6.07, 6.45) is -5.20. The maximum Gasteiger partial charge on any atom is 0.416 e. The van der Waals surface area contributed by atoms with Gasteiger partial charge in [-0.3, -0.25) is 9.59 Å². The molecule has 1 aromatic carbocycles. The van der Waals surface area contributed by atoms with Gasteiger partial charge in [0.2, 0.25) is 0 Å². The van der Waals surface area contributed by atoms with Crippen LogP contribution < -0.4 is 5.32 Å². The van der Waals surface area contributed by atoms with Gasteiger partial charge in [0.25, 0.3) is 5.91 Å². The molecule has 0 aliphatic heterocycles. The number of aliphatic hydroxyl groups excluding tert-OH is 1. The summed E-state index contributed by atoms with van der Waals surface area (Å²) in [6.45, 7) is 0. The lowest BCUT2D eigenvalue weighted by molar-refractivity contribution is -0.140. The normalized spacial score (nSPS) is 12.0. The molecule has 9 heteroatoms. The number of methoxy groups -OCH3 is 1. The zero-order valence-corrected chi connectivity index (χ0v) is 11.8. The molecular weight excluding hydrogens is 317 g/mol. The topological polar surface area (TPSA) is 99.4 Å². The molecule has 122 valence electrons. The van der Waals surface area contributed by atoms with Gasteiger partial charge in [0.1, 0.15) is 18.2 Å². The highest BCUT2D eigenvalue weighted by Crippen LogP contribution is 2.29. The zero-order chi connectivity index (χ0) is 17.6. The molecule has 0 radical (unpaired) electrons. The van der Waals surface area contributed by atoms with Crippen LogP contribution in [0, 0.1) is 11.3 Å². The van der Waals surface area contributed by atoms with Gasteiger partial charge in [-0.05, 0) is 24.3 Å². The van der Waals surface area contributed by atoms with Gasteiger partial charge in [0, 0.05) is 5.69 Å². The smallest absolute Gasteiger partial charge is 0.416 e. The second-order valence-corrected chi connectivity index (χ2v) is 4.22. The molecular formula is C14H11F3N2O4. The fraction of sp³-hybridized carbons (Fsp3) is 0.214. The van der Waals surface area contributed by atoms with Gasteiger partial charge in [-0.2, -0.15) is 18.4 Å². The second-order valence-electron chi connectivity index (χ2n) is 4.22. The Balaban J connectivity index is 2.91. The molecule has 0 spiro atoms. The first kappa shape index (κ1) is 18.0. The Morgan fingerprint density at radius 3 is 2.30 bits per heavy atom. The zero-order valence-electron chi connectivity index (χ0n) is 11.8. The third-order valence-corrected chi connectivity index (χ3v) is 2.64. The molecule has 6 nitrogen and oxygen atoms in total. The van der Waals surface area contributed by atoms with Crippen molar-refractivity contribution < 1.29 is 32.6 Å². The van der Waals surface area contributed by atoms with Crippen LogP contribution in [0.3, 0.4) is 0 Å². The molecule has 0 aliphatic rings. The molecule has 0 saturated heterocycles. The Labute approximate surface area is 128 Å². The molecule has 0 heterocycles. The number of alkyl halides is 3. The van der Waals surface area contributed by atoms with E-state index < -0.39 is 41.4 Å². The maximum atomic E-state index is 12.4. The van der Waals surface area contributed by atoms with E-state index in [1.54, 1.807) is 0 Å². The van der Waals surface area contributed by atoms with Crippen molar-refractivity contribution in [3.8, 4) is 6.07 Å². The molecule has 23 heavy (non-hydrogen) atoms. The fourth-order valence-electron chi connectivity index (χ4n) is 1.48. The summed E-state index contributed by atoms with van der Waals surface area (Å²) in [5, 5.41) is 20.6. The van der Waals surface area contributed by atoms with Gasteiger partial charge in [-0.25, -0.2) is 0 Å². The number of aliphatic hydroxyl groups is 1. The summed E-state index contributed by atoms with van der Waals surface area (Å²) in [5.74, 6) is -2.73. The van der Waals surface area contributed by atoms with Gasteiger partial charge in [-0.15, -0.1) is 0 Å². The first-order valence-corrected chi connectivity index (χ1v) is 6.06. The number of esters is 1. The lowest BCUT2D eigenvalue weighted by atomic mass is 10.1. The highest BCUT2D eigenvalue weighted by molar-refractivity contribution is 6.07. The van der Waals surface area contributed by atoms with Crippen molar-refractivity contribution in [3.05, 3.63) is 41.2 Å². The number of carbonyl (C=O) groups excluding carboxylic acids is 2. The van der Waals surface area contributed by atoms with E-state index in [4.69, 9.17) is 5.26 Å². The predicted octanol–water partition coefficient (Wildman–Crippen LogP) is 2.54. The summed E-state index contributed by atoms with van der Waals surface area (Å²) in [4.78, 5) is 22.8. The van der Waals surface area contributed by atoms with Crippen molar-refractivity contribution in [3.63, 3.8) is 0 Å². The van der Waals surface area contributed by atoms with E-state index in [9.17, 15) is 27.9 Å². The van der Waals surface area contributed by atoms with Crippen LogP contribution >= 0.6 is 0 Å². The van der Waals surface area contributed by atoms with Crippen LogP contribution in [0.25, 0.3) is 0 Å². The van der Waals surface area contributed by atoms with Gasteiger partial charge < -0.3 is 15.2 Å². The van der Waals surface area contributed by atoms with Crippen LogP contribution in [0.1, 0.15) is 12.0 Å². The Kier molecular flexibility index (Phi) is 5.73. The number of hydrogen-bond donors (Lipinski definition) is 2. The number of halogens is 3. The Morgan fingerprint density at radius 1 is 1.30 bits per heavy atom. The number of amides is 1. The van der Waals surface area contributed by atoms with E-state index >= 15 is 0 Å². The van der Waals surface area contributed by atoms with Crippen LogP contribution in [-0.4, -0.2) is 24.1 Å². The molecule has 0 bridgehead atoms. The van der Waals surface area contributed by atoms with Crippen LogP contribution in [0.15, 0.2) is 35.6 Å². The molecule has 0 aliphatic carbocycles. The number of hydrogen-bond acceptors (Lipinski definition) is 5. The summed E-state index contributed by atoms with van der Waals surface area (Å²) < 4.78 is 41.5. The lowest BCUT2D eigenvalue weighted by Crippen LogP contribution is -2.17. The maximum absolute atomic E-state index is 12.4. The van der Waals surface area contributed by atoms with E-state index in [1.807, 2.05) is 0 Å². The molecule has 0 aromatic heterocycles. The van der Waals surface area contributed by atoms with Gasteiger partial charge in [0.05, 0.1) is 12.7 Å². The fourth-order valence-corrected chi connectivity index (χ4v) is 1.48. The Hall–Kier alpha value is -3.02. The van der Waals surface area contributed by atoms with E-state index in [-0.39, 0.29) is 5.69 Å². The van der Waals surface area contributed by atoms with Crippen molar-refractivity contribution in [2.45, 2.75) is 12.6 Å². The van der Waals surface area contributed by atoms with Crippen LogP contribution in [0.2, 0.25) is 0 Å². The van der Waals surface area contributed by atoms with Crippen molar-refractivity contribution in [2.24, 2.45) is 0 Å². The monoisotopic (exact) mass is 328 g/mol. The highest BCUT2D eigenvalue weighted by atomic mass is 19.4. The number of carbonyl (C=O) groups is 2. The first-order valence-electron chi connectivity index (χ1n) is 6.06. The first-order chi connectivity index (χ1) is 10.7. The minimum Gasteiger partial charge on any atom is -0.510 e. The number of benzene rings is 1. The average molecular weight is 328 g/mol. The number of anilines is 1. The van der Waals surface area contributed by atoms with E-state index in [0.29, 0.717) is 0 Å². The molecule has 1 aromatic rings. The standard InChI is InChI=1S/C14H11F3N2O4/c1-23-12(21)6-11(20)10(7-18)13(22)19-9-4-2-8(3-5-9)14(15,16)17/h2-5,20H,6H2,1H3,(H,19,22). The van der Waals surface area contributed by atoms with E-state index in [2.05, 4.69) is 10.1 Å². The third-order valence-electron chi connectivity index (χ3n) is 2.64. The number of nitriles is 1. The van der Waals surface area contributed by atoms with Crippen molar-refractivity contribution in [2.75, 3.05) is 12.4 Å². The lowest BCUT2D eigenvalue weighted by Gasteiger charge is -2.09. The van der Waals surface area contributed by atoms with Crippen molar-refractivity contribution in [1.29, 1.82) is 5.26 Å². The molecule has 0 fully saturated rings. The molecule has 2 N–H and O–H groups in total. The van der Waals surface area contributed by atoms with Crippen LogP contribution in [0.5, 0.6) is 0 Å². The SMILES string of the molecule is COC(=O)CC(O)=C(C#N)C(=O)Nc1ccc(C(F)(F)F)cc1. The molecule has 1 amide bonds. The van der Waals surface area contributed by atoms with Crippen molar-refractivity contribution in [1.82, 2.24) is 0 Å². The van der Waals surface area contributed by atoms with Gasteiger partial charge in [-0.1, -0.05) is 0 Å². The highest BCUT2D eigenvalue weighted by Gasteiger charge is 2.30. The second kappa shape index (κ2) is 7.31. The van der Waals surface area contributed by atoms with Crippen molar-refractivity contribution >= 4 is 17.6 Å². The van der Waals surface area contributed by atoms with Crippen LogP contribution in [-0.2, 0) is 20.5 Å². The van der Waals surface area contributed by atoms with E-state index in [0.717, 1.165) is 31.4 Å². The number of ether oxygens (including phenoxy) is 1. The Bertz CT molecular complexity index is 673. The molecule has 0 atom stereocenters. The predicted molar refractivity (Wildman–Crippen MR) is 72.0 cm³/mol.